The highest BCUT2D eigenvalue weighted by molar-refractivity contribution is 5.87. The lowest BCUT2D eigenvalue weighted by atomic mass is 9.75. The Hall–Kier alpha value is -2.36. The summed E-state index contributed by atoms with van der Waals surface area (Å²) >= 11 is 0. The van der Waals surface area contributed by atoms with Gasteiger partial charge in [0.15, 0.2) is 0 Å². The number of hydrogen-bond donors (Lipinski definition) is 1. The van der Waals surface area contributed by atoms with Crippen LogP contribution in [0.25, 0.3) is 0 Å². The number of carboxylic acids is 1. The molecule has 4 aliphatic carbocycles. The summed E-state index contributed by atoms with van der Waals surface area (Å²) in [5, 5.41) is 8.89. The molecule has 2 unspecified atom stereocenters. The van der Waals surface area contributed by atoms with Crippen molar-refractivity contribution in [2.24, 2.45) is 17.8 Å². The first-order valence-electron chi connectivity index (χ1n) is 8.62. The molecule has 4 heteroatoms. The fourth-order valence-corrected chi connectivity index (χ4v) is 5.53. The van der Waals surface area contributed by atoms with E-state index in [1.807, 2.05) is 12.1 Å². The molecule has 4 fully saturated rings. The van der Waals surface area contributed by atoms with Crippen LogP contribution >= 0.6 is 0 Å². The van der Waals surface area contributed by atoms with Crippen LogP contribution in [-0.4, -0.2) is 16.1 Å². The molecule has 4 nitrogen and oxygen atoms in total. The van der Waals surface area contributed by atoms with Crippen molar-refractivity contribution < 1.29 is 14.6 Å². The van der Waals surface area contributed by atoms with Crippen LogP contribution in [0.4, 0.5) is 0 Å². The molecule has 2 atom stereocenters. The fraction of sp³-hybridized carbons (Fsp3) is 0.400. The van der Waals surface area contributed by atoms with Crippen LogP contribution in [0.1, 0.15) is 41.6 Å². The van der Waals surface area contributed by atoms with E-state index in [1.165, 1.54) is 43.5 Å². The second kappa shape index (κ2) is 4.82. The molecule has 0 amide bonds. The molecule has 1 aromatic heterocycles. The molecule has 4 saturated carbocycles. The van der Waals surface area contributed by atoms with Crippen LogP contribution in [0.15, 0.2) is 42.6 Å². The molecule has 24 heavy (non-hydrogen) atoms. The van der Waals surface area contributed by atoms with Crippen LogP contribution in [0.3, 0.4) is 0 Å². The zero-order chi connectivity index (χ0) is 16.3. The van der Waals surface area contributed by atoms with Gasteiger partial charge in [0.2, 0.25) is 5.88 Å². The maximum atomic E-state index is 10.8. The molecular weight excluding hydrogens is 302 g/mol. The molecule has 0 spiro atoms. The molecular formula is C20H19NO3. The lowest BCUT2D eigenvalue weighted by molar-refractivity contribution is 0.0696. The van der Waals surface area contributed by atoms with Crippen LogP contribution in [0.2, 0.25) is 0 Å². The number of aromatic carboxylic acids is 1. The van der Waals surface area contributed by atoms with Gasteiger partial charge in [0, 0.05) is 12.3 Å². The first-order chi connectivity index (χ1) is 11.6. The van der Waals surface area contributed by atoms with Crippen LogP contribution in [-0.2, 0) is 5.41 Å². The molecule has 0 radical (unpaired) electrons. The number of carbonyl (C=O) groups is 1. The summed E-state index contributed by atoms with van der Waals surface area (Å²) < 4.78 is 5.74. The molecule has 2 aromatic rings. The van der Waals surface area contributed by atoms with Crippen molar-refractivity contribution in [1.82, 2.24) is 4.98 Å². The van der Waals surface area contributed by atoms with Gasteiger partial charge in [0.05, 0.1) is 5.56 Å². The van der Waals surface area contributed by atoms with Crippen LogP contribution < -0.4 is 4.74 Å². The predicted molar refractivity (Wildman–Crippen MR) is 88.3 cm³/mol. The lowest BCUT2D eigenvalue weighted by Crippen LogP contribution is -2.24. The monoisotopic (exact) mass is 321 g/mol. The molecule has 122 valence electrons. The molecule has 1 aromatic carbocycles. The number of carboxylic acid groups (broad SMARTS) is 1. The third kappa shape index (κ3) is 1.92. The summed E-state index contributed by atoms with van der Waals surface area (Å²) in [5.41, 5.74) is 2.07. The number of rotatable bonds is 4. The first-order valence-corrected chi connectivity index (χ1v) is 8.62. The first kappa shape index (κ1) is 14.0. The molecule has 1 N–H and O–H groups in total. The molecule has 0 aliphatic heterocycles. The molecule has 4 bridgehead atoms. The van der Waals surface area contributed by atoms with E-state index in [1.54, 1.807) is 6.07 Å². The summed E-state index contributed by atoms with van der Waals surface area (Å²) in [5.74, 6) is 3.01. The summed E-state index contributed by atoms with van der Waals surface area (Å²) in [6, 6.07) is 11.5. The average molecular weight is 321 g/mol. The Bertz CT molecular complexity index is 783. The van der Waals surface area contributed by atoms with Crippen molar-refractivity contribution in [1.29, 1.82) is 0 Å². The minimum atomic E-state index is -0.984. The van der Waals surface area contributed by atoms with E-state index in [0.717, 1.165) is 23.5 Å². The maximum Gasteiger partial charge on any atom is 0.337 e. The summed E-state index contributed by atoms with van der Waals surface area (Å²) in [6.07, 6.45) is 6.93. The Morgan fingerprint density at radius 1 is 1.08 bits per heavy atom. The second-order valence-electron chi connectivity index (χ2n) is 7.57. The Morgan fingerprint density at radius 2 is 1.79 bits per heavy atom. The molecule has 6 rings (SSSR count). The number of ether oxygens (including phenoxy) is 1. The van der Waals surface area contributed by atoms with Gasteiger partial charge in [-0.3, -0.25) is 0 Å². The number of aromatic nitrogens is 1. The van der Waals surface area contributed by atoms with Crippen LogP contribution in [0, 0.1) is 17.8 Å². The zero-order valence-electron chi connectivity index (χ0n) is 13.3. The zero-order valence-corrected chi connectivity index (χ0v) is 13.3. The van der Waals surface area contributed by atoms with Crippen molar-refractivity contribution in [3.8, 4) is 11.6 Å². The third-order valence-corrected chi connectivity index (χ3v) is 6.51. The number of benzene rings is 1. The van der Waals surface area contributed by atoms with Gasteiger partial charge >= 0.3 is 5.97 Å². The van der Waals surface area contributed by atoms with Gasteiger partial charge < -0.3 is 9.84 Å². The minimum absolute atomic E-state index is 0.160. The van der Waals surface area contributed by atoms with Crippen molar-refractivity contribution in [3.05, 3.63) is 53.7 Å². The fourth-order valence-electron chi connectivity index (χ4n) is 5.53. The van der Waals surface area contributed by atoms with Gasteiger partial charge in [-0.1, -0.05) is 12.1 Å². The quantitative estimate of drug-likeness (QED) is 0.914. The smallest absolute Gasteiger partial charge is 0.337 e. The Labute approximate surface area is 140 Å². The topological polar surface area (TPSA) is 59.4 Å². The largest absolute Gasteiger partial charge is 0.478 e. The van der Waals surface area contributed by atoms with Crippen molar-refractivity contribution >= 4 is 5.97 Å². The van der Waals surface area contributed by atoms with E-state index < -0.39 is 5.97 Å². The lowest BCUT2D eigenvalue weighted by Gasteiger charge is -2.29. The van der Waals surface area contributed by atoms with E-state index in [0.29, 0.717) is 11.3 Å². The van der Waals surface area contributed by atoms with Gasteiger partial charge in [-0.15, -0.1) is 0 Å². The van der Waals surface area contributed by atoms with E-state index in [4.69, 9.17) is 9.84 Å². The number of nitrogens with zero attached hydrogens (tertiary/aromatic N) is 1. The van der Waals surface area contributed by atoms with Gasteiger partial charge in [-0.25, -0.2) is 9.78 Å². The Kier molecular flexibility index (Phi) is 2.82. The minimum Gasteiger partial charge on any atom is -0.478 e. The van der Waals surface area contributed by atoms with Crippen molar-refractivity contribution in [2.75, 3.05) is 0 Å². The normalized spacial score (nSPS) is 32.4. The summed E-state index contributed by atoms with van der Waals surface area (Å²) in [4.78, 5) is 14.9. The van der Waals surface area contributed by atoms with Gasteiger partial charge in [0.25, 0.3) is 0 Å². The molecule has 4 aliphatic rings. The third-order valence-electron chi connectivity index (χ3n) is 6.51. The second-order valence-corrected chi connectivity index (χ2v) is 7.57. The number of hydrogen-bond acceptors (Lipinski definition) is 3. The summed E-state index contributed by atoms with van der Waals surface area (Å²) in [7, 11) is 0. The molecule has 1 heterocycles. The highest BCUT2D eigenvalue weighted by atomic mass is 16.5. The standard InChI is InChI=1S/C20H19NO3/c22-19(23)12-1-6-18(21-11-12)24-17-4-2-15(3-5-17)20-9-13-7-16(20)8-14(13)10-20/h1-6,11,13-14,16H,7-10H2,(H,22,23). The number of pyridine rings is 1. The molecule has 0 saturated heterocycles. The van der Waals surface area contributed by atoms with Crippen LogP contribution in [0.5, 0.6) is 11.6 Å². The van der Waals surface area contributed by atoms with Crippen molar-refractivity contribution in [3.63, 3.8) is 0 Å². The maximum absolute atomic E-state index is 10.8. The van der Waals surface area contributed by atoms with Gasteiger partial charge in [0.1, 0.15) is 5.75 Å². The van der Waals surface area contributed by atoms with E-state index in [-0.39, 0.29) is 5.56 Å². The Balaban J connectivity index is 1.35. The van der Waals surface area contributed by atoms with E-state index in [2.05, 4.69) is 17.1 Å². The summed E-state index contributed by atoms with van der Waals surface area (Å²) in [6.45, 7) is 0. The van der Waals surface area contributed by atoms with Crippen molar-refractivity contribution in [2.45, 2.75) is 31.1 Å². The Morgan fingerprint density at radius 3 is 2.29 bits per heavy atom. The van der Waals surface area contributed by atoms with E-state index >= 15 is 0 Å². The predicted octanol–water partition coefficient (Wildman–Crippen LogP) is 4.26. The average Bonchev–Trinajstić information content (AvgIpc) is 3.31. The SMILES string of the molecule is O=C(O)c1ccc(Oc2ccc(C34CC5CC3CC5C4)cc2)nc1. The van der Waals surface area contributed by atoms with Gasteiger partial charge in [-0.2, -0.15) is 0 Å². The van der Waals surface area contributed by atoms with E-state index in [9.17, 15) is 4.79 Å². The van der Waals surface area contributed by atoms with Gasteiger partial charge in [-0.05, 0) is 72.6 Å². The highest BCUT2D eigenvalue weighted by Gasteiger charge is 2.63. The highest BCUT2D eigenvalue weighted by Crippen LogP contribution is 2.70.